The van der Waals surface area contributed by atoms with E-state index < -0.39 is 5.97 Å². The molecule has 21 heavy (non-hydrogen) atoms. The number of hydrogen-bond acceptors (Lipinski definition) is 5. The number of benzene rings is 1. The van der Waals surface area contributed by atoms with E-state index in [0.29, 0.717) is 12.2 Å². The summed E-state index contributed by atoms with van der Waals surface area (Å²) in [4.78, 5) is 17.9. The largest absolute Gasteiger partial charge is 0.477 e. The SMILES string of the molecule is COCc1nc(CN(C)Cc2ccccc2)sc1C(=O)O. The molecule has 2 aromatic rings. The third-order valence-electron chi connectivity index (χ3n) is 2.92. The van der Waals surface area contributed by atoms with Gasteiger partial charge in [-0.2, -0.15) is 0 Å². The first kappa shape index (κ1) is 15.6. The van der Waals surface area contributed by atoms with Crippen LogP contribution in [0.4, 0.5) is 0 Å². The van der Waals surface area contributed by atoms with Gasteiger partial charge in [-0.05, 0) is 12.6 Å². The summed E-state index contributed by atoms with van der Waals surface area (Å²) in [6, 6.07) is 10.1. The predicted molar refractivity (Wildman–Crippen MR) is 81.4 cm³/mol. The first-order chi connectivity index (χ1) is 10.1. The molecule has 1 aromatic heterocycles. The van der Waals surface area contributed by atoms with Crippen LogP contribution in [0.15, 0.2) is 30.3 Å². The van der Waals surface area contributed by atoms with Gasteiger partial charge in [-0.1, -0.05) is 30.3 Å². The Kier molecular flexibility index (Phi) is 5.44. The lowest BCUT2D eigenvalue weighted by atomic mass is 10.2. The number of nitrogens with zero attached hydrogens (tertiary/aromatic N) is 2. The van der Waals surface area contributed by atoms with Crippen molar-refractivity contribution >= 4 is 17.3 Å². The number of methoxy groups -OCH3 is 1. The molecule has 0 aliphatic carbocycles. The van der Waals surface area contributed by atoms with Crippen molar-refractivity contribution < 1.29 is 14.6 Å². The molecule has 5 nitrogen and oxygen atoms in total. The van der Waals surface area contributed by atoms with Gasteiger partial charge in [0.25, 0.3) is 0 Å². The van der Waals surface area contributed by atoms with Gasteiger partial charge in [0.05, 0.1) is 18.8 Å². The van der Waals surface area contributed by atoms with Gasteiger partial charge in [-0.25, -0.2) is 9.78 Å². The lowest BCUT2D eigenvalue weighted by Crippen LogP contribution is -2.17. The summed E-state index contributed by atoms with van der Waals surface area (Å²) in [6.07, 6.45) is 0. The summed E-state index contributed by atoms with van der Waals surface area (Å²) >= 11 is 1.21. The van der Waals surface area contributed by atoms with E-state index in [1.54, 1.807) is 0 Å². The summed E-state index contributed by atoms with van der Waals surface area (Å²) in [5.74, 6) is -0.948. The molecule has 1 heterocycles. The van der Waals surface area contributed by atoms with E-state index in [-0.39, 0.29) is 11.5 Å². The number of ether oxygens (including phenoxy) is 1. The first-order valence-corrected chi connectivity index (χ1v) is 7.35. The molecule has 0 spiro atoms. The molecule has 1 N–H and O–H groups in total. The maximum Gasteiger partial charge on any atom is 0.347 e. The molecule has 0 unspecified atom stereocenters. The number of aromatic carboxylic acids is 1. The Hall–Kier alpha value is -1.76. The van der Waals surface area contributed by atoms with Gasteiger partial charge < -0.3 is 9.84 Å². The fourth-order valence-electron chi connectivity index (χ4n) is 2.05. The molecule has 6 heteroatoms. The second-order valence-electron chi connectivity index (χ2n) is 4.78. The van der Waals surface area contributed by atoms with Crippen LogP contribution in [0.25, 0.3) is 0 Å². The number of aromatic nitrogens is 1. The van der Waals surface area contributed by atoms with Gasteiger partial charge in [0.15, 0.2) is 0 Å². The van der Waals surface area contributed by atoms with Crippen LogP contribution in [0.3, 0.4) is 0 Å². The molecular formula is C15H18N2O3S. The highest BCUT2D eigenvalue weighted by Gasteiger charge is 2.17. The Labute approximate surface area is 127 Å². The lowest BCUT2D eigenvalue weighted by Gasteiger charge is -2.14. The minimum absolute atomic E-state index is 0.223. The molecule has 2 rings (SSSR count). The average molecular weight is 306 g/mol. The normalized spacial score (nSPS) is 11.0. The van der Waals surface area contributed by atoms with Crippen LogP contribution in [0.5, 0.6) is 0 Å². The second-order valence-corrected chi connectivity index (χ2v) is 5.86. The Balaban J connectivity index is 2.05. The lowest BCUT2D eigenvalue weighted by molar-refractivity contribution is 0.0697. The second kappa shape index (κ2) is 7.31. The molecule has 0 aliphatic heterocycles. The van der Waals surface area contributed by atoms with Crippen LogP contribution in [0.2, 0.25) is 0 Å². The standard InChI is InChI=1S/C15H18N2O3S/c1-17(8-11-6-4-3-5-7-11)9-13-16-12(10-20-2)14(21-13)15(18)19/h3-7H,8-10H2,1-2H3,(H,18,19). The average Bonchev–Trinajstić information content (AvgIpc) is 2.83. The fraction of sp³-hybridized carbons (Fsp3) is 0.333. The van der Waals surface area contributed by atoms with Crippen LogP contribution in [-0.4, -0.2) is 35.1 Å². The van der Waals surface area contributed by atoms with Crippen LogP contribution < -0.4 is 0 Å². The Morgan fingerprint density at radius 3 is 2.67 bits per heavy atom. The number of thiazole rings is 1. The third-order valence-corrected chi connectivity index (χ3v) is 3.99. The van der Waals surface area contributed by atoms with E-state index in [4.69, 9.17) is 4.74 Å². The zero-order valence-electron chi connectivity index (χ0n) is 12.1. The van der Waals surface area contributed by atoms with E-state index in [1.807, 2.05) is 25.2 Å². The highest BCUT2D eigenvalue weighted by Crippen LogP contribution is 2.21. The van der Waals surface area contributed by atoms with Gasteiger partial charge in [-0.15, -0.1) is 11.3 Å². The zero-order chi connectivity index (χ0) is 15.2. The van der Waals surface area contributed by atoms with E-state index in [1.165, 1.54) is 24.0 Å². The Morgan fingerprint density at radius 2 is 2.05 bits per heavy atom. The number of carboxylic acids is 1. The van der Waals surface area contributed by atoms with Gasteiger partial charge in [0.2, 0.25) is 0 Å². The highest BCUT2D eigenvalue weighted by atomic mass is 32.1. The van der Waals surface area contributed by atoms with Crippen LogP contribution in [0.1, 0.15) is 25.9 Å². The van der Waals surface area contributed by atoms with Gasteiger partial charge in [-0.3, -0.25) is 4.90 Å². The quantitative estimate of drug-likeness (QED) is 0.852. The molecule has 0 saturated carbocycles. The maximum atomic E-state index is 11.2. The number of hydrogen-bond donors (Lipinski definition) is 1. The Morgan fingerprint density at radius 1 is 1.33 bits per heavy atom. The van der Waals surface area contributed by atoms with E-state index in [0.717, 1.165) is 11.6 Å². The van der Waals surface area contributed by atoms with Crippen LogP contribution in [0, 0.1) is 0 Å². The summed E-state index contributed by atoms with van der Waals surface area (Å²) in [7, 11) is 3.52. The molecule has 0 saturated heterocycles. The monoisotopic (exact) mass is 306 g/mol. The molecule has 112 valence electrons. The minimum Gasteiger partial charge on any atom is -0.477 e. The third kappa shape index (κ3) is 4.35. The van der Waals surface area contributed by atoms with Crippen LogP contribution >= 0.6 is 11.3 Å². The fourth-order valence-corrected chi connectivity index (χ4v) is 3.04. The van der Waals surface area contributed by atoms with Crippen molar-refractivity contribution in [3.05, 3.63) is 51.5 Å². The summed E-state index contributed by atoms with van der Waals surface area (Å²) in [5, 5.41) is 9.97. The minimum atomic E-state index is -0.948. The predicted octanol–water partition coefficient (Wildman–Crippen LogP) is 2.62. The van der Waals surface area contributed by atoms with Crippen molar-refractivity contribution in [2.75, 3.05) is 14.2 Å². The molecular weight excluding hydrogens is 288 g/mol. The Bertz CT molecular complexity index is 598. The van der Waals surface area contributed by atoms with Gasteiger partial charge in [0, 0.05) is 13.7 Å². The van der Waals surface area contributed by atoms with E-state index >= 15 is 0 Å². The van der Waals surface area contributed by atoms with Crippen LogP contribution in [-0.2, 0) is 24.4 Å². The van der Waals surface area contributed by atoms with Crippen molar-refractivity contribution in [3.8, 4) is 0 Å². The van der Waals surface area contributed by atoms with Crippen molar-refractivity contribution in [1.29, 1.82) is 0 Å². The zero-order valence-corrected chi connectivity index (χ0v) is 12.9. The van der Waals surface area contributed by atoms with Crippen molar-refractivity contribution in [2.45, 2.75) is 19.7 Å². The summed E-state index contributed by atoms with van der Waals surface area (Å²) in [5.41, 5.74) is 1.71. The van der Waals surface area contributed by atoms with Gasteiger partial charge >= 0.3 is 5.97 Å². The molecule has 0 fully saturated rings. The number of rotatable bonds is 7. The molecule has 0 amide bonds. The summed E-state index contributed by atoms with van der Waals surface area (Å²) in [6.45, 7) is 1.63. The highest BCUT2D eigenvalue weighted by molar-refractivity contribution is 7.13. The molecule has 1 aromatic carbocycles. The molecule has 0 atom stereocenters. The molecule has 0 radical (unpaired) electrons. The van der Waals surface area contributed by atoms with Crippen molar-refractivity contribution in [3.63, 3.8) is 0 Å². The molecule has 0 bridgehead atoms. The van der Waals surface area contributed by atoms with Crippen molar-refractivity contribution in [2.24, 2.45) is 0 Å². The number of carboxylic acid groups (broad SMARTS) is 1. The first-order valence-electron chi connectivity index (χ1n) is 6.53. The number of carbonyl (C=O) groups is 1. The van der Waals surface area contributed by atoms with E-state index in [9.17, 15) is 9.90 Å². The van der Waals surface area contributed by atoms with E-state index in [2.05, 4.69) is 22.0 Å². The molecule has 0 aliphatic rings. The topological polar surface area (TPSA) is 62.7 Å². The van der Waals surface area contributed by atoms with Gasteiger partial charge in [0.1, 0.15) is 9.88 Å². The smallest absolute Gasteiger partial charge is 0.347 e. The van der Waals surface area contributed by atoms with Crippen molar-refractivity contribution in [1.82, 2.24) is 9.88 Å². The summed E-state index contributed by atoms with van der Waals surface area (Å²) < 4.78 is 5.00. The maximum absolute atomic E-state index is 11.2.